The molecule has 2 aromatic rings. The number of benzene rings is 2. The highest BCUT2D eigenvalue weighted by molar-refractivity contribution is 5.78. The largest absolute Gasteiger partial charge is 0.311 e. The molecule has 0 amide bonds. The fourth-order valence-electron chi connectivity index (χ4n) is 3.03. The monoisotopic (exact) mass is 287 g/mol. The zero-order valence-corrected chi connectivity index (χ0v) is 12.3. The SMILES string of the molecule is O=Cc1ccc(N(C2=CCC3CC3=C2)c2ccccc2)cc1. The molecule has 2 aliphatic carbocycles. The Bertz CT molecular complexity index is 756. The summed E-state index contributed by atoms with van der Waals surface area (Å²) in [6, 6.07) is 18.1. The number of hydrogen-bond acceptors (Lipinski definition) is 2. The van der Waals surface area contributed by atoms with E-state index in [-0.39, 0.29) is 0 Å². The van der Waals surface area contributed by atoms with Gasteiger partial charge in [0.2, 0.25) is 0 Å². The van der Waals surface area contributed by atoms with Crippen LogP contribution < -0.4 is 4.90 Å². The normalized spacial score (nSPS) is 18.8. The molecule has 1 saturated carbocycles. The summed E-state index contributed by atoms with van der Waals surface area (Å²) in [5.74, 6) is 0.791. The summed E-state index contributed by atoms with van der Waals surface area (Å²) >= 11 is 0. The Morgan fingerprint density at radius 2 is 1.68 bits per heavy atom. The van der Waals surface area contributed by atoms with Gasteiger partial charge in [0, 0.05) is 22.6 Å². The fraction of sp³-hybridized carbons (Fsp3) is 0.150. The Labute approximate surface area is 130 Å². The Morgan fingerprint density at radius 1 is 0.955 bits per heavy atom. The zero-order chi connectivity index (χ0) is 14.9. The highest BCUT2D eigenvalue weighted by Crippen LogP contribution is 2.46. The second kappa shape index (κ2) is 5.30. The van der Waals surface area contributed by atoms with Crippen molar-refractivity contribution in [3.05, 3.63) is 83.6 Å². The number of anilines is 2. The maximum atomic E-state index is 10.9. The first kappa shape index (κ1) is 13.1. The Balaban J connectivity index is 1.77. The smallest absolute Gasteiger partial charge is 0.150 e. The molecule has 0 aliphatic heterocycles. The molecule has 2 aromatic carbocycles. The second-order valence-corrected chi connectivity index (χ2v) is 5.87. The van der Waals surface area contributed by atoms with Gasteiger partial charge in [0.15, 0.2) is 0 Å². The lowest BCUT2D eigenvalue weighted by atomic mass is 10.1. The minimum atomic E-state index is 0.704. The molecule has 1 fully saturated rings. The van der Waals surface area contributed by atoms with E-state index < -0.39 is 0 Å². The van der Waals surface area contributed by atoms with Gasteiger partial charge in [0.1, 0.15) is 6.29 Å². The van der Waals surface area contributed by atoms with Crippen molar-refractivity contribution in [2.75, 3.05) is 4.90 Å². The van der Waals surface area contributed by atoms with Crippen molar-refractivity contribution in [2.24, 2.45) is 5.92 Å². The number of aldehydes is 1. The number of nitrogens with zero attached hydrogens (tertiary/aromatic N) is 1. The summed E-state index contributed by atoms with van der Waals surface area (Å²) in [6.07, 6.45) is 7.90. The van der Waals surface area contributed by atoms with Gasteiger partial charge < -0.3 is 4.90 Å². The van der Waals surface area contributed by atoms with Gasteiger partial charge in [-0.15, -0.1) is 0 Å². The maximum absolute atomic E-state index is 10.9. The van der Waals surface area contributed by atoms with Gasteiger partial charge in [-0.1, -0.05) is 29.8 Å². The van der Waals surface area contributed by atoms with Crippen molar-refractivity contribution in [1.29, 1.82) is 0 Å². The van der Waals surface area contributed by atoms with E-state index in [4.69, 9.17) is 0 Å². The molecule has 0 bridgehead atoms. The molecule has 0 aromatic heterocycles. The van der Waals surface area contributed by atoms with Gasteiger partial charge in [-0.3, -0.25) is 4.79 Å². The number of para-hydroxylation sites is 1. The molecule has 0 heterocycles. The third-order valence-electron chi connectivity index (χ3n) is 4.35. The molecule has 0 N–H and O–H groups in total. The third kappa shape index (κ3) is 2.37. The van der Waals surface area contributed by atoms with E-state index in [1.807, 2.05) is 30.3 Å². The van der Waals surface area contributed by atoms with E-state index in [2.05, 4.69) is 41.3 Å². The summed E-state index contributed by atoms with van der Waals surface area (Å²) in [6.45, 7) is 0. The summed E-state index contributed by atoms with van der Waals surface area (Å²) in [7, 11) is 0. The van der Waals surface area contributed by atoms with Crippen LogP contribution in [-0.2, 0) is 0 Å². The quantitative estimate of drug-likeness (QED) is 0.748. The molecule has 2 aliphatic rings. The number of fused-ring (bicyclic) bond motifs is 1. The maximum Gasteiger partial charge on any atom is 0.150 e. The minimum Gasteiger partial charge on any atom is -0.311 e. The van der Waals surface area contributed by atoms with Crippen LogP contribution in [0.25, 0.3) is 0 Å². The van der Waals surface area contributed by atoms with Gasteiger partial charge in [-0.25, -0.2) is 0 Å². The van der Waals surface area contributed by atoms with Crippen molar-refractivity contribution in [3.63, 3.8) is 0 Å². The summed E-state index contributed by atoms with van der Waals surface area (Å²) in [5.41, 5.74) is 5.72. The minimum absolute atomic E-state index is 0.704. The second-order valence-electron chi connectivity index (χ2n) is 5.87. The molecule has 108 valence electrons. The van der Waals surface area contributed by atoms with E-state index in [1.54, 1.807) is 5.57 Å². The number of allylic oxidation sites excluding steroid dienone is 3. The van der Waals surface area contributed by atoms with E-state index in [9.17, 15) is 4.79 Å². The lowest BCUT2D eigenvalue weighted by Gasteiger charge is -2.27. The molecule has 2 nitrogen and oxygen atoms in total. The van der Waals surface area contributed by atoms with Crippen molar-refractivity contribution in [3.8, 4) is 0 Å². The van der Waals surface area contributed by atoms with Crippen LogP contribution in [0, 0.1) is 5.92 Å². The van der Waals surface area contributed by atoms with E-state index in [1.165, 1.54) is 12.1 Å². The zero-order valence-electron chi connectivity index (χ0n) is 12.3. The first-order valence-corrected chi connectivity index (χ1v) is 7.66. The van der Waals surface area contributed by atoms with Crippen LogP contribution in [0.1, 0.15) is 23.2 Å². The van der Waals surface area contributed by atoms with E-state index in [0.29, 0.717) is 5.56 Å². The lowest BCUT2D eigenvalue weighted by Crippen LogP contribution is -2.16. The van der Waals surface area contributed by atoms with Gasteiger partial charge in [-0.05, 0) is 61.2 Å². The van der Waals surface area contributed by atoms with Crippen molar-refractivity contribution >= 4 is 17.7 Å². The Hall–Kier alpha value is -2.61. The average molecular weight is 287 g/mol. The molecule has 0 saturated heterocycles. The van der Waals surface area contributed by atoms with Crippen molar-refractivity contribution in [1.82, 2.24) is 0 Å². The average Bonchev–Trinajstić information content (AvgIpc) is 3.36. The van der Waals surface area contributed by atoms with Crippen LogP contribution in [0.15, 0.2) is 78.0 Å². The highest BCUT2D eigenvalue weighted by atomic mass is 16.1. The van der Waals surface area contributed by atoms with Crippen molar-refractivity contribution < 1.29 is 4.79 Å². The van der Waals surface area contributed by atoms with Crippen LogP contribution >= 0.6 is 0 Å². The molecular formula is C20H17NO. The predicted molar refractivity (Wildman–Crippen MR) is 89.3 cm³/mol. The first-order valence-electron chi connectivity index (χ1n) is 7.66. The predicted octanol–water partition coefficient (Wildman–Crippen LogP) is 4.87. The fourth-order valence-corrected chi connectivity index (χ4v) is 3.03. The van der Waals surface area contributed by atoms with Crippen LogP contribution in [0.4, 0.5) is 11.4 Å². The highest BCUT2D eigenvalue weighted by Gasteiger charge is 2.32. The Kier molecular flexibility index (Phi) is 3.15. The molecule has 1 unspecified atom stereocenters. The third-order valence-corrected chi connectivity index (χ3v) is 4.35. The topological polar surface area (TPSA) is 20.3 Å². The summed E-state index contributed by atoms with van der Waals surface area (Å²) in [5, 5.41) is 0. The number of rotatable bonds is 4. The van der Waals surface area contributed by atoms with E-state index in [0.717, 1.165) is 30.0 Å². The molecule has 0 spiro atoms. The van der Waals surface area contributed by atoms with Gasteiger partial charge >= 0.3 is 0 Å². The first-order chi connectivity index (χ1) is 10.8. The van der Waals surface area contributed by atoms with E-state index >= 15 is 0 Å². The standard InChI is InChI=1S/C20H17NO/c22-14-15-6-9-19(10-7-15)21(18-4-2-1-3-5-18)20-11-8-16-12-17(16)13-20/h1-7,9-11,13-14,16H,8,12H2. The van der Waals surface area contributed by atoms with Crippen molar-refractivity contribution in [2.45, 2.75) is 12.8 Å². The molecule has 4 rings (SSSR count). The molecule has 2 heteroatoms. The molecular weight excluding hydrogens is 270 g/mol. The van der Waals surface area contributed by atoms with Crippen LogP contribution in [0.2, 0.25) is 0 Å². The number of carbonyl (C=O) groups excluding carboxylic acids is 1. The van der Waals surface area contributed by atoms with Crippen LogP contribution in [0.3, 0.4) is 0 Å². The van der Waals surface area contributed by atoms with Gasteiger partial charge in [-0.2, -0.15) is 0 Å². The molecule has 22 heavy (non-hydrogen) atoms. The summed E-state index contributed by atoms with van der Waals surface area (Å²) < 4.78 is 0. The number of hydrogen-bond donors (Lipinski definition) is 0. The van der Waals surface area contributed by atoms with Crippen LogP contribution in [-0.4, -0.2) is 6.29 Å². The van der Waals surface area contributed by atoms with Gasteiger partial charge in [0.25, 0.3) is 0 Å². The van der Waals surface area contributed by atoms with Gasteiger partial charge in [0.05, 0.1) is 0 Å². The molecule has 1 atom stereocenters. The molecule has 0 radical (unpaired) electrons. The van der Waals surface area contributed by atoms with Crippen LogP contribution in [0.5, 0.6) is 0 Å². The Morgan fingerprint density at radius 3 is 2.36 bits per heavy atom. The summed E-state index contributed by atoms with van der Waals surface area (Å²) in [4.78, 5) is 13.1. The number of carbonyl (C=O) groups is 1. The lowest BCUT2D eigenvalue weighted by molar-refractivity contribution is 0.112.